The van der Waals surface area contributed by atoms with E-state index in [1.54, 1.807) is 29.2 Å². The average molecular weight is 666 g/mol. The molecule has 0 spiro atoms. The SMILES string of the molecule is Cc1cccc(C=c2sc(=C(C#N)C(=O)N3CCN(C(c4ccccc4)c4ccccc4)CC3)n(-c3ccc(Cl)cc3Cl)c2=O)c1. The highest BCUT2D eigenvalue weighted by atomic mass is 35.5. The molecule has 1 aromatic heterocycles. The molecule has 9 heteroatoms. The number of halogens is 2. The van der Waals surface area contributed by atoms with Crippen LogP contribution in [-0.2, 0) is 4.79 Å². The Hall–Kier alpha value is -4.45. The Morgan fingerprint density at radius 3 is 2.11 bits per heavy atom. The molecular weight excluding hydrogens is 635 g/mol. The number of aromatic nitrogens is 1. The Kier molecular flexibility index (Phi) is 9.53. The van der Waals surface area contributed by atoms with Crippen molar-refractivity contribution in [2.45, 2.75) is 13.0 Å². The lowest BCUT2D eigenvalue weighted by molar-refractivity contribution is -0.126. The maximum atomic E-state index is 14.1. The van der Waals surface area contributed by atoms with E-state index in [1.165, 1.54) is 15.7 Å². The second kappa shape index (κ2) is 13.9. The number of nitrogens with zero attached hydrogens (tertiary/aromatic N) is 4. The topological polar surface area (TPSA) is 69.3 Å². The summed E-state index contributed by atoms with van der Waals surface area (Å²) < 4.78 is 1.97. The van der Waals surface area contributed by atoms with E-state index in [4.69, 9.17) is 23.2 Å². The number of rotatable bonds is 6. The van der Waals surface area contributed by atoms with Crippen LogP contribution in [0.1, 0.15) is 28.3 Å². The number of aryl methyl sites for hydroxylation is 1. The minimum Gasteiger partial charge on any atom is -0.335 e. The van der Waals surface area contributed by atoms with Crippen LogP contribution >= 0.6 is 34.5 Å². The van der Waals surface area contributed by atoms with Crippen molar-refractivity contribution >= 4 is 52.1 Å². The number of carbonyl (C=O) groups excluding carboxylic acids is 1. The van der Waals surface area contributed by atoms with Crippen LogP contribution in [0.3, 0.4) is 0 Å². The van der Waals surface area contributed by atoms with Gasteiger partial charge in [0.1, 0.15) is 10.7 Å². The van der Waals surface area contributed by atoms with Gasteiger partial charge >= 0.3 is 0 Å². The summed E-state index contributed by atoms with van der Waals surface area (Å²) >= 11 is 13.9. The number of carbonyl (C=O) groups is 1. The van der Waals surface area contributed by atoms with Crippen LogP contribution in [0, 0.1) is 18.3 Å². The number of amides is 1. The van der Waals surface area contributed by atoms with Gasteiger partial charge < -0.3 is 4.90 Å². The summed E-state index contributed by atoms with van der Waals surface area (Å²) in [5.74, 6) is -0.416. The molecule has 0 atom stereocenters. The zero-order valence-electron chi connectivity index (χ0n) is 25.1. The Balaban J connectivity index is 1.39. The molecule has 2 heterocycles. The Morgan fingerprint density at radius 1 is 0.870 bits per heavy atom. The van der Waals surface area contributed by atoms with E-state index in [-0.39, 0.29) is 26.9 Å². The summed E-state index contributed by atoms with van der Waals surface area (Å²) in [5, 5.41) is 11.1. The molecule has 0 radical (unpaired) electrons. The van der Waals surface area contributed by atoms with Crippen LogP contribution < -0.4 is 14.8 Å². The summed E-state index contributed by atoms with van der Waals surface area (Å²) in [6.07, 6.45) is 1.77. The van der Waals surface area contributed by atoms with Gasteiger partial charge in [0.05, 0.1) is 21.3 Å². The third-order valence-electron chi connectivity index (χ3n) is 8.05. The van der Waals surface area contributed by atoms with Crippen molar-refractivity contribution in [2.75, 3.05) is 26.2 Å². The van der Waals surface area contributed by atoms with Crippen LogP contribution in [-0.4, -0.2) is 46.5 Å². The van der Waals surface area contributed by atoms with Crippen molar-refractivity contribution in [1.29, 1.82) is 5.26 Å². The van der Waals surface area contributed by atoms with Gasteiger partial charge in [-0.1, -0.05) is 114 Å². The third-order valence-corrected chi connectivity index (χ3v) is 9.68. The predicted molar refractivity (Wildman–Crippen MR) is 186 cm³/mol. The van der Waals surface area contributed by atoms with Crippen LogP contribution in [0.2, 0.25) is 10.0 Å². The Labute approximate surface area is 281 Å². The van der Waals surface area contributed by atoms with Crippen molar-refractivity contribution in [1.82, 2.24) is 14.4 Å². The molecule has 1 saturated heterocycles. The first-order valence-corrected chi connectivity index (χ1v) is 16.4. The van der Waals surface area contributed by atoms with Gasteiger partial charge in [0.2, 0.25) is 0 Å². The first-order chi connectivity index (χ1) is 22.3. The van der Waals surface area contributed by atoms with Crippen molar-refractivity contribution < 1.29 is 4.79 Å². The van der Waals surface area contributed by atoms with Gasteiger partial charge in [0.25, 0.3) is 11.5 Å². The Bertz CT molecular complexity index is 2070. The molecular formula is C37H30Cl2N4O2S. The van der Waals surface area contributed by atoms with Crippen LogP contribution in [0.4, 0.5) is 0 Å². The normalized spacial score (nSPS) is 14.8. The van der Waals surface area contributed by atoms with Crippen LogP contribution in [0.25, 0.3) is 17.3 Å². The van der Waals surface area contributed by atoms with E-state index in [9.17, 15) is 14.9 Å². The minimum atomic E-state index is -0.416. The van der Waals surface area contributed by atoms with Crippen molar-refractivity contribution in [3.8, 4) is 11.8 Å². The molecule has 46 heavy (non-hydrogen) atoms. The molecule has 1 amide bonds. The molecule has 0 aliphatic carbocycles. The maximum absolute atomic E-state index is 14.1. The number of thiazole rings is 1. The lowest BCUT2D eigenvalue weighted by Crippen LogP contribution is -2.50. The summed E-state index contributed by atoms with van der Waals surface area (Å²) in [6.45, 7) is 4.07. The van der Waals surface area contributed by atoms with E-state index in [0.717, 1.165) is 22.5 Å². The van der Waals surface area contributed by atoms with Gasteiger partial charge in [0, 0.05) is 31.2 Å². The highest BCUT2D eigenvalue weighted by Gasteiger charge is 2.30. The molecule has 1 aliphatic heterocycles. The van der Waals surface area contributed by atoms with E-state index in [0.29, 0.717) is 41.4 Å². The van der Waals surface area contributed by atoms with Gasteiger partial charge in [-0.2, -0.15) is 5.26 Å². The monoisotopic (exact) mass is 664 g/mol. The zero-order valence-corrected chi connectivity index (χ0v) is 27.4. The highest BCUT2D eigenvalue weighted by Crippen LogP contribution is 2.30. The lowest BCUT2D eigenvalue weighted by Gasteiger charge is -2.39. The van der Waals surface area contributed by atoms with Crippen molar-refractivity contribution in [2.24, 2.45) is 0 Å². The van der Waals surface area contributed by atoms with Gasteiger partial charge in [-0.15, -0.1) is 11.3 Å². The number of hydrogen-bond acceptors (Lipinski definition) is 5. The van der Waals surface area contributed by atoms with E-state index >= 15 is 0 Å². The lowest BCUT2D eigenvalue weighted by atomic mass is 9.96. The molecule has 0 bridgehead atoms. The molecule has 1 aliphatic rings. The molecule has 0 N–H and O–H groups in total. The molecule has 230 valence electrons. The van der Waals surface area contributed by atoms with E-state index in [2.05, 4.69) is 35.2 Å². The van der Waals surface area contributed by atoms with Crippen LogP contribution in [0.5, 0.6) is 0 Å². The fourth-order valence-electron chi connectivity index (χ4n) is 5.86. The first-order valence-electron chi connectivity index (χ1n) is 14.9. The molecule has 6 rings (SSSR count). The fraction of sp³-hybridized carbons (Fsp3) is 0.162. The van der Waals surface area contributed by atoms with E-state index < -0.39 is 5.91 Å². The third kappa shape index (κ3) is 6.57. The van der Waals surface area contributed by atoms with Gasteiger partial charge in [-0.3, -0.25) is 19.1 Å². The quantitative estimate of drug-likeness (QED) is 0.225. The average Bonchev–Trinajstić information content (AvgIpc) is 3.37. The van der Waals surface area contributed by atoms with Crippen molar-refractivity contribution in [3.63, 3.8) is 0 Å². The second-order valence-corrected chi connectivity index (χ2v) is 13.0. The fourth-order valence-corrected chi connectivity index (χ4v) is 7.44. The number of hydrogen-bond donors (Lipinski definition) is 0. The first kappa shape index (κ1) is 31.5. The number of piperazine rings is 1. The van der Waals surface area contributed by atoms with Gasteiger partial charge in [-0.05, 0) is 47.9 Å². The zero-order chi connectivity index (χ0) is 32.2. The van der Waals surface area contributed by atoms with Crippen molar-refractivity contribution in [3.05, 3.63) is 155 Å². The second-order valence-electron chi connectivity index (χ2n) is 11.1. The molecule has 1 fully saturated rings. The van der Waals surface area contributed by atoms with Crippen LogP contribution in [0.15, 0.2) is 108 Å². The Morgan fingerprint density at radius 2 is 1.52 bits per heavy atom. The maximum Gasteiger partial charge on any atom is 0.273 e. The molecule has 0 saturated carbocycles. The summed E-state index contributed by atoms with van der Waals surface area (Å²) in [4.78, 5) is 32.1. The minimum absolute atomic E-state index is 0.0355. The molecule has 5 aromatic rings. The number of benzene rings is 4. The summed E-state index contributed by atoms with van der Waals surface area (Å²) in [5.41, 5.74) is 4.12. The predicted octanol–water partition coefficient (Wildman–Crippen LogP) is 5.95. The van der Waals surface area contributed by atoms with Gasteiger partial charge in [-0.25, -0.2) is 0 Å². The smallest absolute Gasteiger partial charge is 0.273 e. The largest absolute Gasteiger partial charge is 0.335 e. The number of nitriles is 1. The summed E-state index contributed by atoms with van der Waals surface area (Å²) in [7, 11) is 0. The molecule has 4 aromatic carbocycles. The molecule has 6 nitrogen and oxygen atoms in total. The van der Waals surface area contributed by atoms with E-state index in [1.807, 2.05) is 67.6 Å². The molecule has 0 unspecified atom stereocenters. The highest BCUT2D eigenvalue weighted by molar-refractivity contribution is 7.07. The standard InChI is InChI=1S/C37H30Cl2N4O2S/c1-25-9-8-10-26(21-25)22-33-36(45)43(32-16-15-29(38)23-31(32)39)37(46-33)30(24-40)35(44)42-19-17-41(18-20-42)34(27-11-4-2-5-12-27)28-13-6-3-7-14-28/h2-16,21-23,34H,17-20H2,1H3. The van der Waals surface area contributed by atoms with Gasteiger partial charge in [0.15, 0.2) is 5.57 Å². The summed E-state index contributed by atoms with van der Waals surface area (Å²) in [6, 6.07) is 35.4.